The Bertz CT molecular complexity index is 552. The minimum Gasteiger partial charge on any atom is -0.330 e. The number of hydrogen-bond donors (Lipinski definition) is 2. The van der Waals surface area contributed by atoms with Crippen LogP contribution in [0.5, 0.6) is 0 Å². The summed E-state index contributed by atoms with van der Waals surface area (Å²) in [7, 11) is 0. The minimum absolute atomic E-state index is 0.775. The molecule has 0 saturated carbocycles. The Morgan fingerprint density at radius 1 is 0.550 bits per heavy atom. The molecule has 0 aliphatic rings. The molecule has 4 N–H and O–H groups in total. The van der Waals surface area contributed by atoms with Crippen LogP contribution in [0.3, 0.4) is 0 Å². The highest BCUT2D eigenvalue weighted by Crippen LogP contribution is 2.21. The van der Waals surface area contributed by atoms with E-state index in [0.717, 1.165) is 25.9 Å². The van der Waals surface area contributed by atoms with Crippen molar-refractivity contribution in [2.45, 2.75) is 12.8 Å². The summed E-state index contributed by atoms with van der Waals surface area (Å²) in [5.74, 6) is 0. The number of nitrogens with two attached hydrogens (primary N) is 2. The fourth-order valence-electron chi connectivity index (χ4n) is 2.17. The van der Waals surface area contributed by atoms with E-state index in [4.69, 9.17) is 11.5 Å². The lowest BCUT2D eigenvalue weighted by Crippen LogP contribution is -2.03. The van der Waals surface area contributed by atoms with Crippen LogP contribution < -0.4 is 11.5 Å². The van der Waals surface area contributed by atoms with Gasteiger partial charge in [0.2, 0.25) is 0 Å². The summed E-state index contributed by atoms with van der Waals surface area (Å²) in [6.45, 7) is 1.55. The summed E-state index contributed by atoms with van der Waals surface area (Å²) in [6, 6.07) is 21.4. The fourth-order valence-corrected chi connectivity index (χ4v) is 2.17. The van der Waals surface area contributed by atoms with Crippen molar-refractivity contribution in [2.75, 3.05) is 13.1 Å². The van der Waals surface area contributed by atoms with E-state index < -0.39 is 0 Å². The van der Waals surface area contributed by atoms with Crippen molar-refractivity contribution in [1.82, 2.24) is 0 Å². The highest BCUT2D eigenvalue weighted by Gasteiger charge is 1.95. The Labute approximate surface area is 120 Å². The third-order valence-electron chi connectivity index (χ3n) is 3.27. The first-order chi connectivity index (χ1) is 9.85. The number of fused-ring (bicyclic) bond motifs is 2. The lowest BCUT2D eigenvalue weighted by molar-refractivity contribution is 0.755. The van der Waals surface area contributed by atoms with Crippen LogP contribution in [0.4, 0.5) is 0 Å². The van der Waals surface area contributed by atoms with Gasteiger partial charge in [-0.2, -0.15) is 0 Å². The van der Waals surface area contributed by atoms with Gasteiger partial charge in [-0.25, -0.2) is 0 Å². The first-order valence-corrected chi connectivity index (χ1v) is 7.13. The van der Waals surface area contributed by atoms with Gasteiger partial charge < -0.3 is 11.5 Å². The molecule has 0 aromatic heterocycles. The molecule has 0 bridgehead atoms. The Morgan fingerprint density at radius 2 is 0.850 bits per heavy atom. The molecule has 3 aromatic carbocycles. The number of hydrogen-bond acceptors (Lipinski definition) is 2. The molecule has 0 spiro atoms. The zero-order chi connectivity index (χ0) is 14.2. The van der Waals surface area contributed by atoms with Crippen molar-refractivity contribution in [3.8, 4) is 0 Å². The van der Waals surface area contributed by atoms with E-state index in [1.54, 1.807) is 0 Å². The highest BCUT2D eigenvalue weighted by atomic mass is 14.5. The lowest BCUT2D eigenvalue weighted by Gasteiger charge is -2.00. The molecule has 2 heteroatoms. The number of benzene rings is 3. The molecule has 0 unspecified atom stereocenters. The number of unbranched alkanes of at least 4 members (excludes halogenated alkanes) is 1. The first-order valence-electron chi connectivity index (χ1n) is 7.13. The Kier molecular flexibility index (Phi) is 5.54. The molecular formula is C18H22N2. The zero-order valence-corrected chi connectivity index (χ0v) is 11.8. The van der Waals surface area contributed by atoms with E-state index in [9.17, 15) is 0 Å². The molecule has 0 saturated heterocycles. The summed E-state index contributed by atoms with van der Waals surface area (Å²) in [5.41, 5.74) is 10.3. The van der Waals surface area contributed by atoms with Gasteiger partial charge >= 0.3 is 0 Å². The summed E-state index contributed by atoms with van der Waals surface area (Å²) >= 11 is 0. The maximum absolute atomic E-state index is 5.16. The van der Waals surface area contributed by atoms with E-state index in [1.807, 2.05) is 0 Å². The Hall–Kier alpha value is -1.90. The minimum atomic E-state index is 0.775. The second-order valence-corrected chi connectivity index (χ2v) is 4.83. The second-order valence-electron chi connectivity index (χ2n) is 4.83. The van der Waals surface area contributed by atoms with E-state index in [0.29, 0.717) is 0 Å². The molecule has 0 fully saturated rings. The quantitative estimate of drug-likeness (QED) is 0.561. The molecule has 3 aromatic rings. The largest absolute Gasteiger partial charge is 0.330 e. The van der Waals surface area contributed by atoms with Gasteiger partial charge in [-0.15, -0.1) is 0 Å². The van der Waals surface area contributed by atoms with Crippen LogP contribution in [0.1, 0.15) is 12.8 Å². The molecule has 0 heterocycles. The highest BCUT2D eigenvalue weighted by molar-refractivity contribution is 5.98. The van der Waals surface area contributed by atoms with Crippen molar-refractivity contribution in [3.63, 3.8) is 0 Å². The molecule has 104 valence electrons. The molecular weight excluding hydrogens is 244 g/mol. The zero-order valence-electron chi connectivity index (χ0n) is 11.8. The monoisotopic (exact) mass is 266 g/mol. The van der Waals surface area contributed by atoms with Crippen LogP contribution >= 0.6 is 0 Å². The predicted octanol–water partition coefficient (Wildman–Crippen LogP) is 3.68. The fraction of sp³-hybridized carbons (Fsp3) is 0.222. The van der Waals surface area contributed by atoms with Crippen LogP contribution in [-0.4, -0.2) is 13.1 Å². The van der Waals surface area contributed by atoms with Crippen molar-refractivity contribution >= 4 is 21.5 Å². The Balaban J connectivity index is 0.000000212. The molecule has 0 atom stereocenters. The van der Waals surface area contributed by atoms with Gasteiger partial charge in [0.05, 0.1) is 0 Å². The van der Waals surface area contributed by atoms with E-state index in [-0.39, 0.29) is 0 Å². The predicted molar refractivity (Wildman–Crippen MR) is 88.8 cm³/mol. The van der Waals surface area contributed by atoms with Crippen molar-refractivity contribution in [1.29, 1.82) is 0 Å². The van der Waals surface area contributed by atoms with Crippen molar-refractivity contribution < 1.29 is 0 Å². The van der Waals surface area contributed by atoms with Gasteiger partial charge in [0.15, 0.2) is 0 Å². The van der Waals surface area contributed by atoms with Gasteiger partial charge in [0.25, 0.3) is 0 Å². The first kappa shape index (κ1) is 14.5. The van der Waals surface area contributed by atoms with Crippen molar-refractivity contribution in [2.24, 2.45) is 11.5 Å². The third-order valence-corrected chi connectivity index (χ3v) is 3.27. The van der Waals surface area contributed by atoms with Gasteiger partial charge in [-0.3, -0.25) is 0 Å². The number of rotatable bonds is 3. The SMILES string of the molecule is NCCCCN.c1ccc2cc3ccccc3cc2c1. The maximum Gasteiger partial charge on any atom is -0.00768 e. The third kappa shape index (κ3) is 3.80. The van der Waals surface area contributed by atoms with E-state index in [1.165, 1.54) is 21.5 Å². The van der Waals surface area contributed by atoms with E-state index >= 15 is 0 Å². The van der Waals surface area contributed by atoms with Crippen LogP contribution in [0.15, 0.2) is 60.7 Å². The van der Waals surface area contributed by atoms with Gasteiger partial charge in [0, 0.05) is 0 Å². The van der Waals surface area contributed by atoms with Crippen molar-refractivity contribution in [3.05, 3.63) is 60.7 Å². The standard InChI is InChI=1S/C14H10.C4H12N2/c1-2-6-12-10-14-8-4-3-7-13(14)9-11(12)5-1;5-3-1-2-4-6/h1-10H;1-6H2. The maximum atomic E-state index is 5.16. The average molecular weight is 266 g/mol. The smallest absolute Gasteiger partial charge is 0.00768 e. The van der Waals surface area contributed by atoms with Gasteiger partial charge in [-0.1, -0.05) is 48.5 Å². The summed E-state index contributed by atoms with van der Waals surface area (Å²) in [6.07, 6.45) is 2.13. The van der Waals surface area contributed by atoms with Gasteiger partial charge in [0.1, 0.15) is 0 Å². The van der Waals surface area contributed by atoms with Crippen LogP contribution in [0.25, 0.3) is 21.5 Å². The summed E-state index contributed by atoms with van der Waals surface area (Å²) < 4.78 is 0. The normalized spacial score (nSPS) is 10.3. The summed E-state index contributed by atoms with van der Waals surface area (Å²) in [4.78, 5) is 0. The van der Waals surface area contributed by atoms with Crippen LogP contribution in [0.2, 0.25) is 0 Å². The molecule has 0 aliphatic carbocycles. The molecule has 0 aliphatic heterocycles. The Morgan fingerprint density at radius 3 is 1.10 bits per heavy atom. The topological polar surface area (TPSA) is 52.0 Å². The molecule has 0 amide bonds. The van der Waals surface area contributed by atoms with Crippen LogP contribution in [0, 0.1) is 0 Å². The summed E-state index contributed by atoms with van der Waals surface area (Å²) in [5, 5.41) is 5.25. The second kappa shape index (κ2) is 7.63. The molecule has 0 radical (unpaired) electrons. The average Bonchev–Trinajstić information content (AvgIpc) is 2.51. The van der Waals surface area contributed by atoms with Gasteiger partial charge in [-0.05, 0) is 59.6 Å². The molecule has 2 nitrogen and oxygen atoms in total. The lowest BCUT2D eigenvalue weighted by atomic mass is 10.0. The van der Waals surface area contributed by atoms with E-state index in [2.05, 4.69) is 60.7 Å². The van der Waals surface area contributed by atoms with Crippen LogP contribution in [-0.2, 0) is 0 Å². The molecule has 3 rings (SSSR count). The molecule has 20 heavy (non-hydrogen) atoms.